The summed E-state index contributed by atoms with van der Waals surface area (Å²) >= 11 is 0. The van der Waals surface area contributed by atoms with E-state index in [0.29, 0.717) is 81.3 Å². The van der Waals surface area contributed by atoms with Gasteiger partial charge in [0.2, 0.25) is 17.8 Å². The molecule has 12 aromatic heterocycles. The number of anilines is 6. The molecule has 33 heteroatoms. The van der Waals surface area contributed by atoms with Gasteiger partial charge in [0.25, 0.3) is 0 Å². The molecule has 18 rings (SSSR count). The van der Waals surface area contributed by atoms with Crippen molar-refractivity contribution in [2.75, 3.05) is 108 Å². The zero-order valence-corrected chi connectivity index (χ0v) is 61.0. The highest BCUT2D eigenvalue weighted by Gasteiger charge is 2.32. The van der Waals surface area contributed by atoms with Crippen molar-refractivity contribution in [1.29, 1.82) is 0 Å². The molecule has 15 heterocycles. The number of piperazine rings is 3. The van der Waals surface area contributed by atoms with E-state index in [1.807, 2.05) is 75.5 Å². The smallest absolute Gasteiger partial charge is 0.225 e. The van der Waals surface area contributed by atoms with Crippen LogP contribution in [-0.2, 0) is 37.6 Å². The summed E-state index contributed by atoms with van der Waals surface area (Å²) in [7, 11) is 1.90. The number of halogens is 3. The van der Waals surface area contributed by atoms with Crippen molar-refractivity contribution in [2.24, 2.45) is 38.2 Å². The lowest BCUT2D eigenvalue weighted by Crippen LogP contribution is -2.47. The molecule has 30 nitrogen and oxygen atoms in total. The van der Waals surface area contributed by atoms with Gasteiger partial charge in [-0.2, -0.15) is 30.6 Å². The lowest BCUT2D eigenvalue weighted by Gasteiger charge is -2.35. The number of hydrogen-bond donors (Lipinski definition) is 3. The average molecular weight is 1500 g/mol. The molecular formula is C78H81F3N30. The minimum Gasteiger partial charge on any atom is -0.351 e. The van der Waals surface area contributed by atoms with Crippen LogP contribution in [0.3, 0.4) is 0 Å². The van der Waals surface area contributed by atoms with Gasteiger partial charge in [0.15, 0.2) is 17.5 Å². The van der Waals surface area contributed by atoms with Crippen LogP contribution in [0.15, 0.2) is 203 Å². The van der Waals surface area contributed by atoms with Crippen molar-refractivity contribution in [3.8, 4) is 33.4 Å². The van der Waals surface area contributed by atoms with E-state index in [9.17, 15) is 13.2 Å². The Morgan fingerprint density at radius 1 is 0.306 bits per heavy atom. The van der Waals surface area contributed by atoms with Gasteiger partial charge >= 0.3 is 0 Å². The fraction of sp³-hybridized carbons (Fsp3) is 0.269. The van der Waals surface area contributed by atoms with Crippen LogP contribution < -0.4 is 46.6 Å². The van der Waals surface area contributed by atoms with E-state index in [0.717, 1.165) is 125 Å². The van der Waals surface area contributed by atoms with E-state index in [2.05, 4.69) is 111 Å². The molecule has 0 amide bonds. The van der Waals surface area contributed by atoms with Crippen molar-refractivity contribution in [3.63, 3.8) is 0 Å². The quantitative estimate of drug-likeness (QED) is 0.0880. The van der Waals surface area contributed by atoms with E-state index < -0.39 is 30.6 Å². The zero-order valence-electron chi connectivity index (χ0n) is 67.0. The van der Waals surface area contributed by atoms with E-state index in [-0.39, 0.29) is 17.5 Å². The summed E-state index contributed by atoms with van der Waals surface area (Å²) in [5.74, 6) is 3.45. The van der Waals surface area contributed by atoms with Gasteiger partial charge in [0.1, 0.15) is 53.0 Å². The van der Waals surface area contributed by atoms with Crippen LogP contribution in [0.2, 0.25) is 0 Å². The molecule has 3 aliphatic heterocycles. The third-order valence-corrected chi connectivity index (χ3v) is 20.7. The molecule has 0 spiro atoms. The SMILES string of the molecule is Cn1cc(-c2cc3c(N4CCN(c5ncc(C(C)(N)c6ccc(F)cc6)cn5)CC4)ncnn3c2)cn1.[2H]C([2H])([2H])n1cc(-c2cc3c(N4CCN(c5ncc(C(C)(N)c6ccc(F)cc6)cn5)CC4)ncnn3c2)cn1.[2H]C([2H])([2H])n1cc(-c2cc3c(N4CCN(c5ncc(C(C)(N)c6ccc(F)cc6)cn5)CC4)ncnn3c2)cn1. The maximum absolute atomic E-state index is 13.4. The first-order chi connectivity index (χ1) is 56.1. The van der Waals surface area contributed by atoms with Crippen LogP contribution in [0.25, 0.3) is 49.9 Å². The lowest BCUT2D eigenvalue weighted by atomic mass is 9.87. The standard InChI is InChI=1S/3C26H27FN10/c3*1-26(28,20-3-5-22(27)6-4-20)21-13-29-25(30-14-21)36-9-7-35(8-10-36)24-23-11-18(16-37(23)33-17-31-24)19-12-32-34(2)15-19/h3*3-6,11-17H,7-10,28H2,1-2H3/i2*2D3;. The van der Waals surface area contributed by atoms with Gasteiger partial charge in [-0.25, -0.2) is 71.6 Å². The molecule has 0 saturated carbocycles. The Labute approximate surface area is 644 Å². The van der Waals surface area contributed by atoms with Crippen molar-refractivity contribution in [3.05, 3.63) is 254 Å². The number of hydrogen-bond acceptors (Lipinski definition) is 24. The molecule has 564 valence electrons. The fourth-order valence-electron chi connectivity index (χ4n) is 14.0. The number of aromatic nitrogens is 21. The number of nitrogens with zero attached hydrogens (tertiary/aromatic N) is 27. The summed E-state index contributed by atoms with van der Waals surface area (Å²) in [6.45, 7) is 9.49. The third-order valence-electron chi connectivity index (χ3n) is 20.7. The first-order valence-corrected chi connectivity index (χ1v) is 35.8. The van der Waals surface area contributed by atoms with E-state index in [1.165, 1.54) is 73.8 Å². The first kappa shape index (κ1) is 65.0. The molecule has 111 heavy (non-hydrogen) atoms. The number of nitrogens with two attached hydrogens (primary N) is 3. The van der Waals surface area contributed by atoms with Gasteiger partial charge in [-0.05, 0) is 92.1 Å². The minimum absolute atomic E-state index is 0.293. The molecule has 0 aliphatic carbocycles. The molecule has 6 N–H and O–H groups in total. The highest BCUT2D eigenvalue weighted by Crippen LogP contribution is 2.35. The largest absolute Gasteiger partial charge is 0.351 e. The van der Waals surface area contributed by atoms with Gasteiger partial charge in [-0.15, -0.1) is 0 Å². The number of benzene rings is 3. The predicted molar refractivity (Wildman–Crippen MR) is 416 cm³/mol. The monoisotopic (exact) mass is 1500 g/mol. The second-order valence-corrected chi connectivity index (χ2v) is 28.0. The van der Waals surface area contributed by atoms with Crippen LogP contribution in [0.4, 0.5) is 48.5 Å². The third kappa shape index (κ3) is 14.9. The Morgan fingerprint density at radius 3 is 0.811 bits per heavy atom. The van der Waals surface area contributed by atoms with Crippen molar-refractivity contribution in [2.45, 2.75) is 37.4 Å². The fourth-order valence-corrected chi connectivity index (χ4v) is 14.0. The molecular weight excluding hydrogens is 1410 g/mol. The molecule has 0 bridgehead atoms. The Kier molecular flexibility index (Phi) is 17.4. The molecule has 3 unspecified atom stereocenters. The number of aryl methyl sites for hydroxylation is 3. The van der Waals surface area contributed by atoms with Gasteiger partial charge < -0.3 is 46.6 Å². The summed E-state index contributed by atoms with van der Waals surface area (Å²) in [6, 6.07) is 24.4. The Hall–Kier alpha value is -13.1. The van der Waals surface area contributed by atoms with E-state index in [4.69, 9.17) is 25.4 Å². The Balaban J connectivity index is 0.000000132. The molecule has 0 radical (unpaired) electrons. The molecule has 3 aliphatic rings. The van der Waals surface area contributed by atoms with Crippen LogP contribution >= 0.6 is 0 Å². The highest BCUT2D eigenvalue weighted by atomic mass is 19.1. The van der Waals surface area contributed by atoms with Gasteiger partial charge in [-0.3, -0.25) is 14.0 Å². The normalized spacial score (nSPS) is 16.8. The van der Waals surface area contributed by atoms with Gasteiger partial charge in [0.05, 0.1) is 35.2 Å². The second kappa shape index (κ2) is 29.8. The summed E-state index contributed by atoms with van der Waals surface area (Å²) in [5.41, 5.74) is 29.4. The zero-order chi connectivity index (χ0) is 81.7. The molecule has 3 saturated heterocycles. The van der Waals surface area contributed by atoms with E-state index >= 15 is 0 Å². The van der Waals surface area contributed by atoms with Gasteiger partial charge in [-0.1, -0.05) is 36.4 Å². The topological polar surface area (TPSA) is 319 Å². The number of rotatable bonds is 15. The summed E-state index contributed by atoms with van der Waals surface area (Å²) in [4.78, 5) is 54.2. The van der Waals surface area contributed by atoms with Crippen LogP contribution in [0.5, 0.6) is 0 Å². The van der Waals surface area contributed by atoms with Crippen molar-refractivity contribution in [1.82, 2.24) is 103 Å². The maximum atomic E-state index is 13.4. The average Bonchev–Trinajstić information content (AvgIpc) is 1.51. The Morgan fingerprint density at radius 2 is 0.559 bits per heavy atom. The number of fused-ring (bicyclic) bond motifs is 3. The van der Waals surface area contributed by atoms with Crippen LogP contribution in [0.1, 0.15) is 62.4 Å². The molecule has 3 fully saturated rings. The van der Waals surface area contributed by atoms with E-state index in [1.54, 1.807) is 93.6 Å². The highest BCUT2D eigenvalue weighted by molar-refractivity contribution is 5.80. The van der Waals surface area contributed by atoms with Gasteiger partial charge in [0, 0.05) is 232 Å². The first-order valence-electron chi connectivity index (χ1n) is 38.8. The summed E-state index contributed by atoms with van der Waals surface area (Å²) in [5, 5.41) is 25.3. The van der Waals surface area contributed by atoms with Crippen molar-refractivity contribution >= 4 is 51.8 Å². The molecule has 3 atom stereocenters. The lowest BCUT2D eigenvalue weighted by molar-refractivity contribution is 0.585. The Bertz CT molecular complexity index is 5720. The summed E-state index contributed by atoms with van der Waals surface area (Å²) < 4.78 is 94.4. The van der Waals surface area contributed by atoms with Crippen LogP contribution in [-0.4, -0.2) is 182 Å². The van der Waals surface area contributed by atoms with Crippen molar-refractivity contribution < 1.29 is 21.4 Å². The second-order valence-electron chi connectivity index (χ2n) is 28.0. The predicted octanol–water partition coefficient (Wildman–Crippen LogP) is 7.82. The van der Waals surface area contributed by atoms with Crippen LogP contribution in [0, 0.1) is 17.5 Å². The molecule has 15 aromatic rings. The minimum atomic E-state index is -2.33. The molecule has 3 aromatic carbocycles. The summed E-state index contributed by atoms with van der Waals surface area (Å²) in [6.07, 6.45) is 30.6. The maximum Gasteiger partial charge on any atom is 0.225 e.